The minimum atomic E-state index is -0.351. The zero-order chi connectivity index (χ0) is 14.7. The molecule has 0 spiro atoms. The summed E-state index contributed by atoms with van der Waals surface area (Å²) in [5, 5.41) is 11.0. The predicted octanol–water partition coefficient (Wildman–Crippen LogP) is 2.92. The van der Waals surface area contributed by atoms with Gasteiger partial charge in [-0.1, -0.05) is 12.1 Å². The molecule has 6 heteroatoms. The maximum Gasteiger partial charge on any atom is 0.283 e. The Morgan fingerprint density at radius 3 is 2.90 bits per heavy atom. The van der Waals surface area contributed by atoms with E-state index in [9.17, 15) is 10.1 Å². The lowest BCUT2D eigenvalue weighted by Crippen LogP contribution is -2.43. The first-order chi connectivity index (χ1) is 9.52. The average molecular weight is 342 g/mol. The van der Waals surface area contributed by atoms with Crippen LogP contribution in [0.4, 0.5) is 5.69 Å². The van der Waals surface area contributed by atoms with Crippen molar-refractivity contribution in [2.45, 2.75) is 32.4 Å². The van der Waals surface area contributed by atoms with Crippen LogP contribution in [0.25, 0.3) is 0 Å². The van der Waals surface area contributed by atoms with Crippen molar-refractivity contribution < 1.29 is 4.92 Å². The Balaban J connectivity index is 2.16. The second-order valence-corrected chi connectivity index (χ2v) is 6.26. The van der Waals surface area contributed by atoms with Gasteiger partial charge in [-0.3, -0.25) is 15.0 Å². The summed E-state index contributed by atoms with van der Waals surface area (Å²) < 4.78 is 0.590. The number of likely N-dealkylation sites (tertiary alicyclic amines) is 1. The van der Waals surface area contributed by atoms with Crippen molar-refractivity contribution in [3.05, 3.63) is 38.3 Å². The summed E-state index contributed by atoms with van der Waals surface area (Å²) in [5.74, 6) is 0.531. The van der Waals surface area contributed by atoms with Crippen LogP contribution < -0.4 is 5.73 Å². The van der Waals surface area contributed by atoms with Crippen molar-refractivity contribution in [2.24, 2.45) is 11.7 Å². The maximum atomic E-state index is 11.0. The molecule has 1 aromatic rings. The van der Waals surface area contributed by atoms with E-state index in [-0.39, 0.29) is 10.6 Å². The van der Waals surface area contributed by atoms with Gasteiger partial charge in [0.25, 0.3) is 5.69 Å². The molecule has 2 atom stereocenters. The third kappa shape index (κ3) is 3.37. The highest BCUT2D eigenvalue weighted by Crippen LogP contribution is 2.31. The van der Waals surface area contributed by atoms with Gasteiger partial charge in [0.15, 0.2) is 0 Å². The van der Waals surface area contributed by atoms with E-state index in [0.29, 0.717) is 23.0 Å². The fourth-order valence-electron chi connectivity index (χ4n) is 2.72. The van der Waals surface area contributed by atoms with Crippen LogP contribution in [0.1, 0.15) is 25.3 Å². The highest BCUT2D eigenvalue weighted by Gasteiger charge is 2.26. The minimum absolute atomic E-state index is 0.127. The zero-order valence-electron chi connectivity index (χ0n) is 11.6. The summed E-state index contributed by atoms with van der Waals surface area (Å²) in [6.07, 6.45) is 2.30. The summed E-state index contributed by atoms with van der Waals surface area (Å²) in [7, 11) is 0. The fraction of sp³-hybridized carbons (Fsp3) is 0.571. The Labute approximate surface area is 127 Å². The number of nitro groups is 1. The van der Waals surface area contributed by atoms with Crippen molar-refractivity contribution in [1.82, 2.24) is 4.90 Å². The van der Waals surface area contributed by atoms with Crippen LogP contribution >= 0.6 is 15.9 Å². The molecule has 0 saturated carbocycles. The molecule has 0 bridgehead atoms. The van der Waals surface area contributed by atoms with E-state index in [0.717, 1.165) is 25.1 Å². The van der Waals surface area contributed by atoms with Crippen LogP contribution in [0.15, 0.2) is 22.7 Å². The molecule has 0 aromatic heterocycles. The number of piperidine rings is 1. The van der Waals surface area contributed by atoms with E-state index in [2.05, 4.69) is 27.8 Å². The van der Waals surface area contributed by atoms with Gasteiger partial charge >= 0.3 is 0 Å². The first-order valence-corrected chi connectivity index (χ1v) is 7.68. The van der Waals surface area contributed by atoms with Crippen LogP contribution in [0, 0.1) is 16.0 Å². The Bertz CT molecular complexity index is 495. The van der Waals surface area contributed by atoms with Crippen molar-refractivity contribution in [1.29, 1.82) is 0 Å². The number of hydrogen-bond acceptors (Lipinski definition) is 4. The number of nitrogens with two attached hydrogens (primary N) is 1. The Kier molecular flexibility index (Phi) is 5.12. The molecule has 0 aliphatic carbocycles. The highest BCUT2D eigenvalue weighted by atomic mass is 79.9. The van der Waals surface area contributed by atoms with Crippen LogP contribution in [0.5, 0.6) is 0 Å². The molecule has 5 nitrogen and oxygen atoms in total. The van der Waals surface area contributed by atoms with Gasteiger partial charge in [0, 0.05) is 25.2 Å². The lowest BCUT2D eigenvalue weighted by molar-refractivity contribution is -0.385. The molecule has 1 heterocycles. The van der Waals surface area contributed by atoms with Crippen molar-refractivity contribution >= 4 is 21.6 Å². The monoisotopic (exact) mass is 341 g/mol. The van der Waals surface area contributed by atoms with Crippen molar-refractivity contribution in [3.8, 4) is 0 Å². The third-order valence-electron chi connectivity index (χ3n) is 4.07. The van der Waals surface area contributed by atoms with Crippen LogP contribution in [0.3, 0.4) is 0 Å². The van der Waals surface area contributed by atoms with Gasteiger partial charge in [0.05, 0.1) is 9.40 Å². The molecular formula is C14H20BrN3O2. The molecule has 0 amide bonds. The summed E-state index contributed by atoms with van der Waals surface area (Å²) >= 11 is 3.37. The Morgan fingerprint density at radius 2 is 2.25 bits per heavy atom. The summed E-state index contributed by atoms with van der Waals surface area (Å²) in [6.45, 7) is 4.60. The molecule has 1 fully saturated rings. The lowest BCUT2D eigenvalue weighted by atomic mass is 9.93. The van der Waals surface area contributed by atoms with Gasteiger partial charge in [-0.25, -0.2) is 0 Å². The first-order valence-electron chi connectivity index (χ1n) is 6.88. The summed E-state index contributed by atoms with van der Waals surface area (Å²) in [5.41, 5.74) is 6.86. The second-order valence-electron chi connectivity index (χ2n) is 5.46. The van der Waals surface area contributed by atoms with E-state index < -0.39 is 0 Å². The van der Waals surface area contributed by atoms with Crippen LogP contribution in [-0.4, -0.2) is 29.0 Å². The van der Waals surface area contributed by atoms with Gasteiger partial charge in [-0.05, 0) is 53.7 Å². The largest absolute Gasteiger partial charge is 0.330 e. The molecule has 20 heavy (non-hydrogen) atoms. The smallest absolute Gasteiger partial charge is 0.283 e. The lowest BCUT2D eigenvalue weighted by Gasteiger charge is -2.37. The van der Waals surface area contributed by atoms with E-state index in [1.54, 1.807) is 6.07 Å². The topological polar surface area (TPSA) is 72.4 Å². The molecule has 1 aliphatic heterocycles. The zero-order valence-corrected chi connectivity index (χ0v) is 13.2. The van der Waals surface area contributed by atoms with Crippen LogP contribution in [0.2, 0.25) is 0 Å². The third-order valence-corrected chi connectivity index (χ3v) is 4.99. The standard InChI is InChI=1S/C14H20BrN3O2/c1-10-5-6-11(7-16)8-17(10)9-12-3-2-4-13(14(12)15)18(19)20/h2-4,10-11H,5-9,16H2,1H3. The van der Waals surface area contributed by atoms with E-state index in [4.69, 9.17) is 5.73 Å². The van der Waals surface area contributed by atoms with E-state index in [1.165, 1.54) is 12.5 Å². The summed E-state index contributed by atoms with van der Waals surface area (Å²) in [6, 6.07) is 5.70. The quantitative estimate of drug-likeness (QED) is 0.675. The van der Waals surface area contributed by atoms with Crippen molar-refractivity contribution in [2.75, 3.05) is 13.1 Å². The Hall–Kier alpha value is -0.980. The SMILES string of the molecule is CC1CCC(CN)CN1Cc1cccc([N+](=O)[O-])c1Br. The maximum absolute atomic E-state index is 11.0. The van der Waals surface area contributed by atoms with Crippen LogP contribution in [-0.2, 0) is 6.54 Å². The van der Waals surface area contributed by atoms with Crippen molar-refractivity contribution in [3.63, 3.8) is 0 Å². The summed E-state index contributed by atoms with van der Waals surface area (Å²) in [4.78, 5) is 13.0. The molecule has 2 rings (SSSR count). The van der Waals surface area contributed by atoms with Gasteiger partial charge in [0.1, 0.15) is 0 Å². The minimum Gasteiger partial charge on any atom is -0.330 e. The number of rotatable bonds is 4. The second kappa shape index (κ2) is 6.65. The number of nitro benzene ring substituents is 1. The molecular weight excluding hydrogens is 322 g/mol. The average Bonchev–Trinajstić information content (AvgIpc) is 2.43. The first kappa shape index (κ1) is 15.4. The fourth-order valence-corrected chi connectivity index (χ4v) is 3.26. The van der Waals surface area contributed by atoms with E-state index in [1.807, 2.05) is 6.07 Å². The number of benzene rings is 1. The molecule has 2 unspecified atom stereocenters. The molecule has 1 aliphatic rings. The van der Waals surface area contributed by atoms with Gasteiger partial charge in [0.2, 0.25) is 0 Å². The normalized spacial score (nSPS) is 23.8. The number of hydrogen-bond donors (Lipinski definition) is 1. The highest BCUT2D eigenvalue weighted by molar-refractivity contribution is 9.10. The van der Waals surface area contributed by atoms with E-state index >= 15 is 0 Å². The van der Waals surface area contributed by atoms with Gasteiger partial charge < -0.3 is 5.73 Å². The number of nitrogens with zero attached hydrogens (tertiary/aromatic N) is 2. The van der Waals surface area contributed by atoms with Gasteiger partial charge in [-0.2, -0.15) is 0 Å². The molecule has 2 N–H and O–H groups in total. The Morgan fingerprint density at radius 1 is 1.50 bits per heavy atom. The number of halogens is 1. The molecule has 1 aromatic carbocycles. The predicted molar refractivity (Wildman–Crippen MR) is 82.4 cm³/mol. The van der Waals surface area contributed by atoms with Gasteiger partial charge in [-0.15, -0.1) is 0 Å². The molecule has 0 radical (unpaired) electrons. The molecule has 1 saturated heterocycles. The molecule has 110 valence electrons.